The highest BCUT2D eigenvalue weighted by Crippen LogP contribution is 2.34. The third kappa shape index (κ3) is 4.87. The molecule has 0 saturated carbocycles. The number of likely N-dealkylation sites (tertiary alicyclic amines) is 2. The average Bonchev–Trinajstić information content (AvgIpc) is 3.68. The monoisotopic (exact) mass is 549 g/mol. The first-order valence-corrected chi connectivity index (χ1v) is 13.4. The van der Waals surface area contributed by atoms with Crippen molar-refractivity contribution in [2.45, 2.75) is 38.8 Å². The molecule has 2 aromatic carbocycles. The zero-order valence-corrected chi connectivity index (χ0v) is 22.4. The Morgan fingerprint density at radius 3 is 2.33 bits per heavy atom. The average molecular weight is 550 g/mol. The van der Waals surface area contributed by atoms with E-state index in [2.05, 4.69) is 15.3 Å². The molecule has 6 rings (SSSR count). The van der Waals surface area contributed by atoms with Gasteiger partial charge in [-0.15, -0.1) is 0 Å². The van der Waals surface area contributed by atoms with Crippen LogP contribution in [0.1, 0.15) is 47.7 Å². The molecule has 4 aromatic rings. The SMILES string of the molecule is CC(C)(CNC(=O)c1cc2ccc(Cl)cc2[nH]1)CC(=O)N1C[C@@H]2C[C@H]1CN2C(=O)c1cc2ccc(F)cc2[nH]1. The predicted octanol–water partition coefficient (Wildman–Crippen LogP) is 4.71. The van der Waals surface area contributed by atoms with Gasteiger partial charge in [0.15, 0.2) is 0 Å². The van der Waals surface area contributed by atoms with Crippen LogP contribution in [0.4, 0.5) is 4.39 Å². The Balaban J connectivity index is 1.04. The highest BCUT2D eigenvalue weighted by molar-refractivity contribution is 6.31. The second kappa shape index (κ2) is 9.41. The van der Waals surface area contributed by atoms with Gasteiger partial charge in [-0.25, -0.2) is 4.39 Å². The molecular formula is C29H29ClFN5O3. The van der Waals surface area contributed by atoms with Crippen LogP contribution in [0.25, 0.3) is 21.8 Å². The molecule has 0 unspecified atom stereocenters. The van der Waals surface area contributed by atoms with Crippen LogP contribution in [-0.4, -0.2) is 69.2 Å². The first-order valence-electron chi connectivity index (χ1n) is 13.0. The molecule has 0 aliphatic carbocycles. The Kier molecular flexibility index (Phi) is 6.14. The van der Waals surface area contributed by atoms with E-state index in [1.165, 1.54) is 12.1 Å². The minimum atomic E-state index is -0.459. The maximum atomic E-state index is 13.5. The van der Waals surface area contributed by atoms with Gasteiger partial charge in [-0.3, -0.25) is 14.4 Å². The van der Waals surface area contributed by atoms with Gasteiger partial charge in [0.2, 0.25) is 5.91 Å². The van der Waals surface area contributed by atoms with E-state index in [0.29, 0.717) is 41.6 Å². The molecule has 10 heteroatoms. The van der Waals surface area contributed by atoms with Crippen LogP contribution in [0.15, 0.2) is 48.5 Å². The molecule has 2 aromatic heterocycles. The number of hydrogen-bond acceptors (Lipinski definition) is 3. The van der Waals surface area contributed by atoms with E-state index in [9.17, 15) is 18.8 Å². The normalized spacial score (nSPS) is 18.9. The van der Waals surface area contributed by atoms with E-state index in [-0.39, 0.29) is 42.0 Å². The Bertz CT molecular complexity index is 1630. The maximum absolute atomic E-state index is 13.5. The van der Waals surface area contributed by atoms with Crippen LogP contribution < -0.4 is 5.32 Å². The molecule has 8 nitrogen and oxygen atoms in total. The highest BCUT2D eigenvalue weighted by atomic mass is 35.5. The predicted molar refractivity (Wildman–Crippen MR) is 147 cm³/mol. The number of fused-ring (bicyclic) bond motifs is 4. The zero-order valence-electron chi connectivity index (χ0n) is 21.7. The maximum Gasteiger partial charge on any atom is 0.270 e. The first-order chi connectivity index (χ1) is 18.6. The lowest BCUT2D eigenvalue weighted by molar-refractivity contribution is -0.135. The molecule has 2 fully saturated rings. The van der Waals surface area contributed by atoms with Gasteiger partial charge in [-0.1, -0.05) is 31.5 Å². The number of H-pyrrole nitrogens is 2. The van der Waals surface area contributed by atoms with Crippen molar-refractivity contribution in [3.8, 4) is 0 Å². The Morgan fingerprint density at radius 1 is 0.949 bits per heavy atom. The highest BCUT2D eigenvalue weighted by Gasteiger charge is 2.47. The second-order valence-electron chi connectivity index (χ2n) is 11.4. The van der Waals surface area contributed by atoms with Crippen molar-refractivity contribution >= 4 is 51.1 Å². The molecule has 39 heavy (non-hydrogen) atoms. The molecule has 0 spiro atoms. The number of aromatic nitrogens is 2. The number of nitrogens with one attached hydrogen (secondary N) is 3. The molecule has 2 saturated heterocycles. The van der Waals surface area contributed by atoms with Crippen LogP contribution in [-0.2, 0) is 4.79 Å². The number of rotatable bonds is 6. The summed E-state index contributed by atoms with van der Waals surface area (Å²) in [4.78, 5) is 49.0. The topological polar surface area (TPSA) is 101 Å². The van der Waals surface area contributed by atoms with Gasteiger partial charge >= 0.3 is 0 Å². The lowest BCUT2D eigenvalue weighted by Gasteiger charge is -2.36. The summed E-state index contributed by atoms with van der Waals surface area (Å²) in [5, 5.41) is 5.22. The van der Waals surface area contributed by atoms with Crippen molar-refractivity contribution in [3.63, 3.8) is 0 Å². The summed E-state index contributed by atoms with van der Waals surface area (Å²) in [5.74, 6) is -0.705. The van der Waals surface area contributed by atoms with Crippen molar-refractivity contribution in [1.29, 1.82) is 0 Å². The molecule has 3 N–H and O–H groups in total. The van der Waals surface area contributed by atoms with E-state index >= 15 is 0 Å². The molecule has 2 bridgehead atoms. The molecule has 4 heterocycles. The van der Waals surface area contributed by atoms with Gasteiger partial charge in [-0.05, 0) is 54.3 Å². The number of hydrogen-bond donors (Lipinski definition) is 3. The first kappa shape index (κ1) is 25.4. The molecule has 2 aliphatic heterocycles. The van der Waals surface area contributed by atoms with Crippen LogP contribution in [0.3, 0.4) is 0 Å². The quantitative estimate of drug-likeness (QED) is 0.324. The number of halogens is 2. The number of carbonyl (C=O) groups excluding carboxylic acids is 3. The van der Waals surface area contributed by atoms with Gasteiger partial charge < -0.3 is 25.1 Å². The lowest BCUT2D eigenvalue weighted by Crippen LogP contribution is -2.51. The Labute approximate surface area is 229 Å². The summed E-state index contributed by atoms with van der Waals surface area (Å²) in [6.45, 7) is 5.21. The molecule has 2 atom stereocenters. The Hall–Kier alpha value is -3.85. The summed E-state index contributed by atoms with van der Waals surface area (Å²) in [5.41, 5.74) is 1.78. The standard InChI is InChI=1S/C29H29ClFN5O3/c1-29(2,15-32-27(38)24-7-16-3-5-18(30)9-22(16)33-24)12-26(37)35-13-21-11-20(35)14-36(21)28(39)25-8-17-4-6-19(31)10-23(17)34-25/h3-10,20-21,33-34H,11-15H2,1-2H3,(H,32,38)/t20-,21-/m0/s1. The summed E-state index contributed by atoms with van der Waals surface area (Å²) in [6.07, 6.45) is 1.02. The van der Waals surface area contributed by atoms with E-state index in [0.717, 1.165) is 22.7 Å². The molecule has 0 radical (unpaired) electrons. The smallest absolute Gasteiger partial charge is 0.270 e. The van der Waals surface area contributed by atoms with Gasteiger partial charge in [0.25, 0.3) is 11.8 Å². The summed E-state index contributed by atoms with van der Waals surface area (Å²) in [6, 6.07) is 13.2. The van der Waals surface area contributed by atoms with Crippen molar-refractivity contribution in [3.05, 3.63) is 70.8 Å². The largest absolute Gasteiger partial charge is 0.350 e. The van der Waals surface area contributed by atoms with Crippen molar-refractivity contribution in [1.82, 2.24) is 25.1 Å². The van der Waals surface area contributed by atoms with Crippen LogP contribution >= 0.6 is 11.6 Å². The van der Waals surface area contributed by atoms with E-state index < -0.39 is 5.41 Å². The van der Waals surface area contributed by atoms with Gasteiger partial charge in [0.1, 0.15) is 17.2 Å². The number of piperazine rings is 1. The summed E-state index contributed by atoms with van der Waals surface area (Å²) in [7, 11) is 0. The fraction of sp³-hybridized carbons (Fsp3) is 0.345. The van der Waals surface area contributed by atoms with E-state index in [1.54, 1.807) is 30.3 Å². The van der Waals surface area contributed by atoms with Crippen LogP contribution in [0.2, 0.25) is 5.02 Å². The lowest BCUT2D eigenvalue weighted by atomic mass is 9.88. The third-order valence-electron chi connectivity index (χ3n) is 7.82. The van der Waals surface area contributed by atoms with Gasteiger partial charge in [-0.2, -0.15) is 0 Å². The summed E-state index contributed by atoms with van der Waals surface area (Å²) < 4.78 is 13.5. The Morgan fingerprint density at radius 2 is 1.59 bits per heavy atom. The number of aromatic amines is 2. The van der Waals surface area contributed by atoms with Crippen molar-refractivity contribution < 1.29 is 18.8 Å². The number of nitrogens with zero attached hydrogens (tertiary/aromatic N) is 2. The number of benzene rings is 2. The van der Waals surface area contributed by atoms with Gasteiger partial charge in [0, 0.05) is 52.9 Å². The molecular weight excluding hydrogens is 521 g/mol. The van der Waals surface area contributed by atoms with Crippen molar-refractivity contribution in [2.75, 3.05) is 19.6 Å². The summed E-state index contributed by atoms with van der Waals surface area (Å²) >= 11 is 6.04. The van der Waals surface area contributed by atoms with E-state index in [4.69, 9.17) is 11.6 Å². The van der Waals surface area contributed by atoms with Crippen LogP contribution in [0.5, 0.6) is 0 Å². The fourth-order valence-electron chi connectivity index (χ4n) is 5.80. The number of carbonyl (C=O) groups is 3. The van der Waals surface area contributed by atoms with E-state index in [1.807, 2.05) is 29.7 Å². The van der Waals surface area contributed by atoms with Gasteiger partial charge in [0.05, 0.1) is 12.1 Å². The van der Waals surface area contributed by atoms with Crippen LogP contribution in [0, 0.1) is 11.2 Å². The fourth-order valence-corrected chi connectivity index (χ4v) is 5.97. The molecule has 3 amide bonds. The minimum Gasteiger partial charge on any atom is -0.350 e. The third-order valence-corrected chi connectivity index (χ3v) is 8.06. The molecule has 202 valence electrons. The van der Waals surface area contributed by atoms with Crippen molar-refractivity contribution in [2.24, 2.45) is 5.41 Å². The molecule has 2 aliphatic rings. The minimum absolute atomic E-state index is 0.0233. The second-order valence-corrected chi connectivity index (χ2v) is 11.8. The zero-order chi connectivity index (χ0) is 27.5. The number of amides is 3.